The van der Waals surface area contributed by atoms with E-state index in [0.717, 1.165) is 80.3 Å². The SMILES string of the molecule is O=C(N1CCCCC1)N1C2CCC1CN(Cc1c(-c3ccc(Cl)cc3)nc3ccccn13)C2. The molecule has 3 fully saturated rings. The molecule has 5 heterocycles. The van der Waals surface area contributed by atoms with Gasteiger partial charge in [-0.25, -0.2) is 9.78 Å². The number of piperazine rings is 1. The van der Waals surface area contributed by atoms with Gasteiger partial charge in [-0.1, -0.05) is 29.8 Å². The topological polar surface area (TPSA) is 44.1 Å². The minimum Gasteiger partial charge on any atom is -0.325 e. The Kier molecular flexibility index (Phi) is 5.51. The van der Waals surface area contributed by atoms with Crippen LogP contribution in [0.2, 0.25) is 5.02 Å². The van der Waals surface area contributed by atoms with E-state index in [0.29, 0.717) is 12.1 Å². The van der Waals surface area contributed by atoms with Crippen molar-refractivity contribution in [1.82, 2.24) is 24.1 Å². The lowest BCUT2D eigenvalue weighted by molar-refractivity contribution is 0.0619. The number of piperidine rings is 1. The number of carbonyl (C=O) groups excluding carboxylic acids is 1. The zero-order chi connectivity index (χ0) is 22.4. The molecule has 3 aliphatic rings. The maximum atomic E-state index is 13.3. The van der Waals surface area contributed by atoms with E-state index in [4.69, 9.17) is 16.6 Å². The van der Waals surface area contributed by atoms with Gasteiger partial charge in [0.25, 0.3) is 0 Å². The first-order chi connectivity index (χ1) is 16.2. The molecule has 6 nitrogen and oxygen atoms in total. The average molecular weight is 464 g/mol. The van der Waals surface area contributed by atoms with Crippen molar-refractivity contribution in [3.8, 4) is 11.3 Å². The van der Waals surface area contributed by atoms with Gasteiger partial charge < -0.3 is 14.2 Å². The van der Waals surface area contributed by atoms with Crippen molar-refractivity contribution in [1.29, 1.82) is 0 Å². The molecule has 1 aromatic carbocycles. The van der Waals surface area contributed by atoms with E-state index in [1.807, 2.05) is 30.3 Å². The Morgan fingerprint density at radius 2 is 1.70 bits per heavy atom. The number of hydrogen-bond donors (Lipinski definition) is 0. The molecule has 2 amide bonds. The highest BCUT2D eigenvalue weighted by Gasteiger charge is 2.44. The van der Waals surface area contributed by atoms with Crippen molar-refractivity contribution in [2.24, 2.45) is 0 Å². The van der Waals surface area contributed by atoms with Crippen LogP contribution in [0.1, 0.15) is 37.8 Å². The summed E-state index contributed by atoms with van der Waals surface area (Å²) in [6.45, 7) is 4.52. The van der Waals surface area contributed by atoms with Crippen molar-refractivity contribution < 1.29 is 4.79 Å². The summed E-state index contributed by atoms with van der Waals surface area (Å²) in [5, 5.41) is 0.732. The van der Waals surface area contributed by atoms with Crippen LogP contribution in [0.25, 0.3) is 16.9 Å². The Hall–Kier alpha value is -2.57. The van der Waals surface area contributed by atoms with Crippen LogP contribution in [-0.4, -0.2) is 68.4 Å². The lowest BCUT2D eigenvalue weighted by Crippen LogP contribution is -2.59. The number of urea groups is 1. The molecule has 3 aliphatic heterocycles. The van der Waals surface area contributed by atoms with Crippen LogP contribution in [0, 0.1) is 0 Å². The Labute approximate surface area is 199 Å². The summed E-state index contributed by atoms with van der Waals surface area (Å²) >= 11 is 6.14. The molecule has 2 aromatic heterocycles. The van der Waals surface area contributed by atoms with Crippen LogP contribution in [0.3, 0.4) is 0 Å². The third-order valence-corrected chi connectivity index (χ3v) is 7.78. The minimum absolute atomic E-state index is 0.276. The van der Waals surface area contributed by atoms with Crippen LogP contribution in [0.5, 0.6) is 0 Å². The first kappa shape index (κ1) is 21.0. The number of likely N-dealkylation sites (tertiary alicyclic amines) is 2. The number of aromatic nitrogens is 2. The third kappa shape index (κ3) is 3.89. The molecule has 0 saturated carbocycles. The lowest BCUT2D eigenvalue weighted by Gasteiger charge is -2.43. The van der Waals surface area contributed by atoms with Crippen LogP contribution < -0.4 is 0 Å². The zero-order valence-electron chi connectivity index (χ0n) is 18.9. The molecule has 6 rings (SSSR count). The summed E-state index contributed by atoms with van der Waals surface area (Å²) in [6, 6.07) is 15.0. The average Bonchev–Trinajstić information content (AvgIpc) is 3.34. The molecule has 7 heteroatoms. The first-order valence-electron chi connectivity index (χ1n) is 12.2. The summed E-state index contributed by atoms with van der Waals surface area (Å²) in [4.78, 5) is 25.1. The molecule has 2 bridgehead atoms. The Morgan fingerprint density at radius 1 is 0.970 bits per heavy atom. The fourth-order valence-electron chi connectivity index (χ4n) is 5.93. The van der Waals surface area contributed by atoms with E-state index < -0.39 is 0 Å². The molecular formula is C26H30ClN5O. The van der Waals surface area contributed by atoms with Crippen LogP contribution in [-0.2, 0) is 6.54 Å². The summed E-state index contributed by atoms with van der Waals surface area (Å²) < 4.78 is 2.21. The van der Waals surface area contributed by atoms with Gasteiger partial charge in [0.2, 0.25) is 0 Å². The number of pyridine rings is 1. The van der Waals surface area contributed by atoms with Gasteiger partial charge in [-0.05, 0) is 56.4 Å². The Bertz CT molecular complexity index is 1140. The van der Waals surface area contributed by atoms with E-state index in [-0.39, 0.29) is 6.03 Å². The van der Waals surface area contributed by atoms with Crippen molar-refractivity contribution in [3.63, 3.8) is 0 Å². The first-order valence-corrected chi connectivity index (χ1v) is 12.6. The second kappa shape index (κ2) is 8.65. The highest BCUT2D eigenvalue weighted by Crippen LogP contribution is 2.34. The maximum Gasteiger partial charge on any atom is 0.320 e. The van der Waals surface area contributed by atoms with E-state index in [1.54, 1.807) is 0 Å². The third-order valence-electron chi connectivity index (χ3n) is 7.53. The fourth-order valence-corrected chi connectivity index (χ4v) is 6.05. The molecule has 0 spiro atoms. The van der Waals surface area contributed by atoms with Crippen molar-refractivity contribution in [2.75, 3.05) is 26.2 Å². The molecule has 0 N–H and O–H groups in total. The quantitative estimate of drug-likeness (QED) is 0.554. The molecule has 0 radical (unpaired) electrons. The molecule has 2 atom stereocenters. The van der Waals surface area contributed by atoms with Gasteiger partial charge in [-0.3, -0.25) is 4.90 Å². The number of hydrogen-bond acceptors (Lipinski definition) is 3. The second-order valence-electron chi connectivity index (χ2n) is 9.66. The zero-order valence-corrected chi connectivity index (χ0v) is 19.6. The molecular weight excluding hydrogens is 434 g/mol. The number of halogens is 1. The van der Waals surface area contributed by atoms with Gasteiger partial charge in [0.05, 0.1) is 11.4 Å². The van der Waals surface area contributed by atoms with E-state index >= 15 is 0 Å². The molecule has 3 saturated heterocycles. The predicted octanol–water partition coefficient (Wildman–Crippen LogP) is 4.91. The number of fused-ring (bicyclic) bond motifs is 3. The smallest absolute Gasteiger partial charge is 0.320 e. The van der Waals surface area contributed by atoms with Crippen molar-refractivity contribution in [3.05, 3.63) is 59.4 Å². The molecule has 0 aliphatic carbocycles. The van der Waals surface area contributed by atoms with Crippen LogP contribution in [0.15, 0.2) is 48.7 Å². The molecule has 3 aromatic rings. The highest BCUT2D eigenvalue weighted by atomic mass is 35.5. The Morgan fingerprint density at radius 3 is 2.42 bits per heavy atom. The largest absolute Gasteiger partial charge is 0.325 e. The maximum absolute atomic E-state index is 13.3. The van der Waals surface area contributed by atoms with Gasteiger partial charge in [-0.2, -0.15) is 0 Å². The summed E-state index contributed by atoms with van der Waals surface area (Å²) in [7, 11) is 0. The predicted molar refractivity (Wildman–Crippen MR) is 130 cm³/mol. The number of rotatable bonds is 3. The second-order valence-corrected chi connectivity index (χ2v) is 10.1. The van der Waals surface area contributed by atoms with Gasteiger partial charge in [0.15, 0.2) is 0 Å². The Balaban J connectivity index is 1.25. The summed E-state index contributed by atoms with van der Waals surface area (Å²) in [5.41, 5.74) is 4.25. The summed E-state index contributed by atoms with van der Waals surface area (Å²) in [6.07, 6.45) is 7.85. The normalized spacial score (nSPS) is 23.4. The van der Waals surface area contributed by atoms with Gasteiger partial charge >= 0.3 is 6.03 Å². The van der Waals surface area contributed by atoms with Gasteiger partial charge in [0.1, 0.15) is 5.65 Å². The van der Waals surface area contributed by atoms with Gasteiger partial charge in [0, 0.05) is 61.6 Å². The fraction of sp³-hybridized carbons (Fsp3) is 0.462. The molecule has 2 unspecified atom stereocenters. The minimum atomic E-state index is 0.276. The lowest BCUT2D eigenvalue weighted by atomic mass is 10.1. The highest BCUT2D eigenvalue weighted by molar-refractivity contribution is 6.30. The van der Waals surface area contributed by atoms with E-state index in [2.05, 4.69) is 37.4 Å². The number of benzene rings is 1. The molecule has 33 heavy (non-hydrogen) atoms. The number of imidazole rings is 1. The number of amides is 2. The van der Waals surface area contributed by atoms with E-state index in [9.17, 15) is 4.79 Å². The van der Waals surface area contributed by atoms with Gasteiger partial charge in [-0.15, -0.1) is 0 Å². The van der Waals surface area contributed by atoms with Crippen molar-refractivity contribution >= 4 is 23.3 Å². The summed E-state index contributed by atoms with van der Waals surface area (Å²) in [5.74, 6) is 0. The molecule has 172 valence electrons. The number of nitrogens with zero attached hydrogens (tertiary/aromatic N) is 5. The monoisotopic (exact) mass is 463 g/mol. The van der Waals surface area contributed by atoms with Crippen LogP contribution >= 0.6 is 11.6 Å². The van der Waals surface area contributed by atoms with E-state index in [1.165, 1.54) is 12.1 Å². The van der Waals surface area contributed by atoms with Crippen LogP contribution in [0.4, 0.5) is 4.79 Å². The standard InChI is InChI=1S/C26H30ClN5O/c27-20-9-7-19(8-10-20)25-23(31-15-5-2-6-24(31)28-25)18-29-16-21-11-12-22(17-29)32(21)26(33)30-13-3-1-4-14-30/h2,5-10,15,21-22H,1,3-4,11-14,16-18H2. The van der Waals surface area contributed by atoms with Crippen molar-refractivity contribution in [2.45, 2.75) is 50.7 Å². The number of carbonyl (C=O) groups is 1.